The van der Waals surface area contributed by atoms with Gasteiger partial charge in [-0.15, -0.1) is 11.5 Å². The van der Waals surface area contributed by atoms with Gasteiger partial charge in [0.25, 0.3) is 0 Å². The van der Waals surface area contributed by atoms with Crippen LogP contribution in [0.2, 0.25) is 0 Å². The van der Waals surface area contributed by atoms with Crippen LogP contribution in [0.25, 0.3) is 0 Å². The molecule has 0 N–H and O–H groups in total. The Morgan fingerprint density at radius 1 is 0.516 bits per heavy atom. The second-order valence-electron chi connectivity index (χ2n) is 8.33. The van der Waals surface area contributed by atoms with Crippen molar-refractivity contribution in [3.63, 3.8) is 0 Å². The monoisotopic (exact) mass is 524 g/mol. The van der Waals surface area contributed by atoms with E-state index < -0.39 is 0 Å². The summed E-state index contributed by atoms with van der Waals surface area (Å²) in [7, 11) is 0. The Kier molecular flexibility index (Phi) is 20.1. The molecule has 0 fully saturated rings. The molecule has 0 bridgehead atoms. The van der Waals surface area contributed by atoms with Gasteiger partial charge < -0.3 is 10.2 Å². The zero-order chi connectivity index (χ0) is 21.9. The first kappa shape index (κ1) is 30.0. The second kappa shape index (κ2) is 20.8. The summed E-state index contributed by atoms with van der Waals surface area (Å²) in [5.74, 6) is 0.275. The molecule has 0 radical (unpaired) electrons. The van der Waals surface area contributed by atoms with E-state index in [4.69, 9.17) is 0 Å². The summed E-state index contributed by atoms with van der Waals surface area (Å²) < 4.78 is 0. The van der Waals surface area contributed by atoms with E-state index in [2.05, 4.69) is 13.8 Å². The third kappa shape index (κ3) is 17.2. The van der Waals surface area contributed by atoms with Crippen LogP contribution in [0.1, 0.15) is 102 Å². The van der Waals surface area contributed by atoms with Crippen molar-refractivity contribution in [2.45, 2.75) is 104 Å². The predicted molar refractivity (Wildman–Crippen MR) is 126 cm³/mol. The Hall–Kier alpha value is -1.04. The van der Waals surface area contributed by atoms with Gasteiger partial charge in [-0.3, -0.25) is 0 Å². The van der Waals surface area contributed by atoms with Gasteiger partial charge in [-0.2, -0.15) is 0 Å². The van der Waals surface area contributed by atoms with Crippen LogP contribution in [0.5, 0.6) is 11.5 Å². The maximum absolute atomic E-state index is 11.1. The van der Waals surface area contributed by atoms with Gasteiger partial charge >= 0.3 is 27.3 Å². The summed E-state index contributed by atoms with van der Waals surface area (Å²) in [5.41, 5.74) is 2.39. The summed E-state index contributed by atoms with van der Waals surface area (Å²) in [4.78, 5) is 0. The fourth-order valence-corrected chi connectivity index (χ4v) is 3.62. The largest absolute Gasteiger partial charge is 2.00 e. The Bertz CT molecular complexity index is 599. The summed E-state index contributed by atoms with van der Waals surface area (Å²) in [5, 5.41) is 22.1. The van der Waals surface area contributed by atoms with Crippen molar-refractivity contribution < 1.29 is 37.5 Å². The molecular weight excluding hydrogens is 481 g/mol. The first-order chi connectivity index (χ1) is 14.7. The molecule has 0 amide bonds. The summed E-state index contributed by atoms with van der Waals surface area (Å²) in [6.07, 6.45) is 17.9. The smallest absolute Gasteiger partial charge is 0.872 e. The van der Waals surface area contributed by atoms with E-state index in [0.29, 0.717) is 0 Å². The van der Waals surface area contributed by atoms with Gasteiger partial charge in [0, 0.05) is 0 Å². The van der Waals surface area contributed by atoms with E-state index in [9.17, 15) is 10.2 Å². The molecule has 0 aliphatic carbocycles. The zero-order valence-corrected chi connectivity index (χ0v) is 24.1. The van der Waals surface area contributed by atoms with E-state index in [-0.39, 0.29) is 38.8 Å². The average molecular weight is 523 g/mol. The fourth-order valence-electron chi connectivity index (χ4n) is 3.62. The van der Waals surface area contributed by atoms with Crippen LogP contribution in [0, 0.1) is 0 Å². The maximum atomic E-state index is 11.1. The van der Waals surface area contributed by atoms with Crippen LogP contribution >= 0.6 is 0 Å². The molecule has 0 aliphatic heterocycles. The van der Waals surface area contributed by atoms with Crippen molar-refractivity contribution in [2.75, 3.05) is 0 Å². The quantitative estimate of drug-likeness (QED) is 0.193. The van der Waals surface area contributed by atoms with Gasteiger partial charge in [-0.05, 0) is 36.8 Å². The number of rotatable bonds is 14. The van der Waals surface area contributed by atoms with Crippen LogP contribution in [0.4, 0.5) is 0 Å². The van der Waals surface area contributed by atoms with Crippen molar-refractivity contribution in [2.24, 2.45) is 0 Å². The predicted octanol–water partition coefficient (Wildman–Crippen LogP) is 7.32. The normalized spacial score (nSPS) is 10.1. The van der Waals surface area contributed by atoms with Crippen molar-refractivity contribution >= 4 is 0 Å². The van der Waals surface area contributed by atoms with Crippen LogP contribution in [0.3, 0.4) is 0 Å². The van der Waals surface area contributed by atoms with Gasteiger partial charge in [0.15, 0.2) is 0 Å². The molecule has 0 aromatic heterocycles. The molecule has 168 valence electrons. The molecule has 0 atom stereocenters. The summed E-state index contributed by atoms with van der Waals surface area (Å²) in [6, 6.07) is 14.6. The Labute approximate surface area is 211 Å². The Morgan fingerprint density at radius 2 is 0.871 bits per heavy atom. The molecule has 0 saturated carbocycles. The van der Waals surface area contributed by atoms with Gasteiger partial charge in [-0.25, -0.2) is 0 Å². The van der Waals surface area contributed by atoms with Gasteiger partial charge in [0.2, 0.25) is 0 Å². The topological polar surface area (TPSA) is 46.1 Å². The SMILES string of the molecule is CCCCCCCCc1cccc([O-])c1.CCCCCCCCc1cccc([O-])c1.[Cd+2]. The third-order valence-electron chi connectivity index (χ3n) is 5.43. The molecule has 0 spiro atoms. The van der Waals surface area contributed by atoms with E-state index in [0.717, 1.165) is 12.8 Å². The van der Waals surface area contributed by atoms with Gasteiger partial charge in [-0.1, -0.05) is 127 Å². The minimum Gasteiger partial charge on any atom is -0.872 e. The average Bonchev–Trinajstić information content (AvgIpc) is 2.74. The molecule has 2 aromatic rings. The molecule has 2 rings (SSSR count). The summed E-state index contributed by atoms with van der Waals surface area (Å²) in [6.45, 7) is 4.47. The molecule has 31 heavy (non-hydrogen) atoms. The fraction of sp³-hybridized carbons (Fsp3) is 0.571. The maximum Gasteiger partial charge on any atom is 2.00 e. The van der Waals surface area contributed by atoms with Crippen molar-refractivity contribution in [1.29, 1.82) is 0 Å². The molecule has 0 aliphatic rings. The molecular formula is C28H42CdO2. The zero-order valence-electron chi connectivity index (χ0n) is 20.0. The van der Waals surface area contributed by atoms with E-state index in [1.54, 1.807) is 24.3 Å². The molecule has 0 unspecified atom stereocenters. The van der Waals surface area contributed by atoms with Crippen molar-refractivity contribution in [3.05, 3.63) is 59.7 Å². The van der Waals surface area contributed by atoms with Crippen molar-refractivity contribution in [1.82, 2.24) is 0 Å². The minimum atomic E-state index is 0. The Morgan fingerprint density at radius 3 is 1.23 bits per heavy atom. The third-order valence-corrected chi connectivity index (χ3v) is 5.43. The minimum absolute atomic E-state index is 0. The van der Waals surface area contributed by atoms with Crippen LogP contribution in [0.15, 0.2) is 48.5 Å². The van der Waals surface area contributed by atoms with Crippen molar-refractivity contribution in [3.8, 4) is 11.5 Å². The number of hydrogen-bond donors (Lipinski definition) is 0. The van der Waals surface area contributed by atoms with Crippen LogP contribution in [-0.4, -0.2) is 0 Å². The molecule has 0 heterocycles. The molecule has 0 saturated heterocycles. The van der Waals surface area contributed by atoms with Crippen LogP contribution < -0.4 is 10.2 Å². The number of aryl methyl sites for hydroxylation is 2. The first-order valence-corrected chi connectivity index (χ1v) is 12.2. The number of benzene rings is 2. The van der Waals surface area contributed by atoms with E-state index in [1.165, 1.54) is 88.2 Å². The van der Waals surface area contributed by atoms with Gasteiger partial charge in [0.1, 0.15) is 0 Å². The second-order valence-corrected chi connectivity index (χ2v) is 8.33. The summed E-state index contributed by atoms with van der Waals surface area (Å²) >= 11 is 0. The van der Waals surface area contributed by atoms with E-state index in [1.807, 2.05) is 24.3 Å². The van der Waals surface area contributed by atoms with E-state index >= 15 is 0 Å². The number of hydrogen-bond acceptors (Lipinski definition) is 2. The number of unbranched alkanes of at least 4 members (excludes halogenated alkanes) is 10. The Balaban J connectivity index is 0.000000562. The molecule has 2 nitrogen and oxygen atoms in total. The van der Waals surface area contributed by atoms with Crippen LogP contribution in [-0.2, 0) is 40.1 Å². The molecule has 2 aromatic carbocycles. The first-order valence-electron chi connectivity index (χ1n) is 12.2. The molecule has 3 heteroatoms. The standard InChI is InChI=1S/2C14H22O.Cd/c2*1-2-3-4-5-6-7-9-13-10-8-11-14(15)12-13;/h2*8,10-12,15H,2-7,9H2,1H3;/q;;+2/p-2. The van der Waals surface area contributed by atoms with Gasteiger partial charge in [0.05, 0.1) is 0 Å².